The molecule has 0 aromatic heterocycles. The van der Waals surface area contributed by atoms with Crippen LogP contribution in [0.2, 0.25) is 0 Å². The van der Waals surface area contributed by atoms with E-state index in [0.29, 0.717) is 11.3 Å². The van der Waals surface area contributed by atoms with E-state index in [9.17, 15) is 14.4 Å². The van der Waals surface area contributed by atoms with Crippen LogP contribution >= 0.6 is 0 Å². The zero-order valence-electron chi connectivity index (χ0n) is 19.4. The molecule has 3 atom stereocenters. The fourth-order valence-corrected chi connectivity index (χ4v) is 4.01. The molecule has 0 aliphatic carbocycles. The topological polar surface area (TPSA) is 99.9 Å². The Kier molecular flexibility index (Phi) is 6.73. The molecule has 1 fully saturated rings. The standard InChI is InChI=1S/C25H27N3O5/c1-16-21(28(24(31)27(3)4)22(29)25(16,2)23(30)32-5)15-33-20-12-10-19(11-13-20)18-8-6-17(14-26)7-9-18/h6-13,16,21H,15H2,1-5H3/t16?,21-,25+/m1/s1. The zero-order valence-corrected chi connectivity index (χ0v) is 19.4. The number of rotatable bonds is 5. The maximum atomic E-state index is 13.2. The monoisotopic (exact) mass is 449 g/mol. The first-order valence-electron chi connectivity index (χ1n) is 10.5. The van der Waals surface area contributed by atoms with Crippen molar-refractivity contribution >= 4 is 17.9 Å². The van der Waals surface area contributed by atoms with E-state index in [1.54, 1.807) is 45.3 Å². The van der Waals surface area contributed by atoms with Crippen LogP contribution in [0.25, 0.3) is 11.1 Å². The largest absolute Gasteiger partial charge is 0.491 e. The number of methoxy groups -OCH3 is 1. The number of benzene rings is 2. The highest BCUT2D eigenvalue weighted by Gasteiger charge is 2.61. The minimum absolute atomic E-state index is 0.0370. The summed E-state index contributed by atoms with van der Waals surface area (Å²) in [7, 11) is 4.33. The Bertz CT molecular complexity index is 1090. The van der Waals surface area contributed by atoms with Gasteiger partial charge in [0, 0.05) is 20.0 Å². The van der Waals surface area contributed by atoms with Crippen LogP contribution in [0, 0.1) is 22.7 Å². The van der Waals surface area contributed by atoms with Crippen LogP contribution in [0.15, 0.2) is 48.5 Å². The average Bonchev–Trinajstić information content (AvgIpc) is 3.03. The van der Waals surface area contributed by atoms with Crippen molar-refractivity contribution in [3.05, 3.63) is 54.1 Å². The summed E-state index contributed by atoms with van der Waals surface area (Å²) in [6.45, 7) is 3.29. The molecule has 1 saturated heterocycles. The van der Waals surface area contributed by atoms with Crippen molar-refractivity contribution in [3.8, 4) is 22.9 Å². The van der Waals surface area contributed by atoms with Gasteiger partial charge in [-0.05, 0) is 42.3 Å². The number of hydrogen-bond acceptors (Lipinski definition) is 6. The van der Waals surface area contributed by atoms with E-state index in [1.807, 2.05) is 24.3 Å². The van der Waals surface area contributed by atoms with E-state index < -0.39 is 35.3 Å². The van der Waals surface area contributed by atoms with Gasteiger partial charge in [0.2, 0.25) is 5.91 Å². The molecule has 8 nitrogen and oxygen atoms in total. The molecule has 3 rings (SSSR count). The van der Waals surface area contributed by atoms with Crippen LogP contribution in [0.4, 0.5) is 4.79 Å². The van der Waals surface area contributed by atoms with Gasteiger partial charge in [-0.25, -0.2) is 4.79 Å². The Morgan fingerprint density at radius 1 is 1.09 bits per heavy atom. The Labute approximate surface area is 193 Å². The predicted molar refractivity (Wildman–Crippen MR) is 121 cm³/mol. The van der Waals surface area contributed by atoms with Gasteiger partial charge >= 0.3 is 12.0 Å². The summed E-state index contributed by atoms with van der Waals surface area (Å²) in [6, 6.07) is 15.6. The molecule has 2 aromatic carbocycles. The molecule has 0 radical (unpaired) electrons. The van der Waals surface area contributed by atoms with Gasteiger partial charge in [-0.3, -0.25) is 14.5 Å². The predicted octanol–water partition coefficient (Wildman–Crippen LogP) is 3.31. The van der Waals surface area contributed by atoms with Gasteiger partial charge in [0.1, 0.15) is 17.8 Å². The lowest BCUT2D eigenvalue weighted by Gasteiger charge is -2.27. The lowest BCUT2D eigenvalue weighted by Crippen LogP contribution is -2.48. The SMILES string of the molecule is COC(=O)[C@]1(C)C(=O)N(C(=O)N(C)C)[C@H](COc2ccc(-c3ccc(C#N)cc3)cc2)C1C. The first-order valence-corrected chi connectivity index (χ1v) is 10.5. The van der Waals surface area contributed by atoms with Gasteiger partial charge < -0.3 is 14.4 Å². The van der Waals surface area contributed by atoms with Crippen LogP contribution in [0.3, 0.4) is 0 Å². The van der Waals surface area contributed by atoms with Crippen molar-refractivity contribution in [2.75, 3.05) is 27.8 Å². The number of hydrogen-bond donors (Lipinski definition) is 0. The number of nitriles is 1. The second kappa shape index (κ2) is 9.33. The zero-order chi connectivity index (χ0) is 24.3. The van der Waals surface area contributed by atoms with Crippen molar-refractivity contribution in [2.24, 2.45) is 11.3 Å². The number of carbonyl (C=O) groups excluding carboxylic acids is 3. The minimum atomic E-state index is -1.48. The Morgan fingerprint density at radius 3 is 2.12 bits per heavy atom. The molecule has 1 heterocycles. The Hall–Kier alpha value is -3.86. The molecule has 0 saturated carbocycles. The molecule has 3 amide bonds. The molecule has 0 N–H and O–H groups in total. The second-order valence-electron chi connectivity index (χ2n) is 8.43. The van der Waals surface area contributed by atoms with Crippen LogP contribution in [0.5, 0.6) is 5.75 Å². The number of carbonyl (C=O) groups is 3. The van der Waals surface area contributed by atoms with Crippen LogP contribution in [0.1, 0.15) is 19.4 Å². The first kappa shape index (κ1) is 23.8. The van der Waals surface area contributed by atoms with Crippen molar-refractivity contribution in [2.45, 2.75) is 19.9 Å². The average molecular weight is 450 g/mol. The number of amides is 3. The summed E-state index contributed by atoms with van der Waals surface area (Å²) in [5.74, 6) is -1.22. The van der Waals surface area contributed by atoms with Gasteiger partial charge in [0.15, 0.2) is 0 Å². The van der Waals surface area contributed by atoms with Gasteiger partial charge in [0.05, 0.1) is 24.8 Å². The third kappa shape index (κ3) is 4.27. The molecule has 1 aliphatic heterocycles. The Balaban J connectivity index is 1.80. The van der Waals surface area contributed by atoms with E-state index in [-0.39, 0.29) is 6.61 Å². The molecule has 0 bridgehead atoms. The lowest BCUT2D eigenvalue weighted by atomic mass is 9.78. The fourth-order valence-electron chi connectivity index (χ4n) is 4.01. The highest BCUT2D eigenvalue weighted by Crippen LogP contribution is 2.43. The lowest BCUT2D eigenvalue weighted by molar-refractivity contribution is -0.159. The molecule has 1 aliphatic rings. The first-order chi connectivity index (χ1) is 15.6. The smallest absolute Gasteiger partial charge is 0.326 e. The van der Waals surface area contributed by atoms with E-state index in [0.717, 1.165) is 16.0 Å². The second-order valence-corrected chi connectivity index (χ2v) is 8.43. The summed E-state index contributed by atoms with van der Waals surface area (Å²) in [5, 5.41) is 8.94. The minimum Gasteiger partial charge on any atom is -0.491 e. The third-order valence-corrected chi connectivity index (χ3v) is 6.30. The van der Waals surface area contributed by atoms with Crippen LogP contribution in [-0.4, -0.2) is 61.6 Å². The molecular formula is C25H27N3O5. The van der Waals surface area contributed by atoms with Crippen molar-refractivity contribution < 1.29 is 23.9 Å². The van der Waals surface area contributed by atoms with Gasteiger partial charge in [-0.15, -0.1) is 0 Å². The molecule has 1 unspecified atom stereocenters. The van der Waals surface area contributed by atoms with Crippen LogP contribution in [-0.2, 0) is 14.3 Å². The summed E-state index contributed by atoms with van der Waals surface area (Å²) >= 11 is 0. The number of ether oxygens (including phenoxy) is 2. The van der Waals surface area contributed by atoms with Gasteiger partial charge in [-0.1, -0.05) is 31.2 Å². The highest BCUT2D eigenvalue weighted by atomic mass is 16.5. The quantitative estimate of drug-likeness (QED) is 0.513. The molecule has 172 valence electrons. The molecular weight excluding hydrogens is 422 g/mol. The van der Waals surface area contributed by atoms with E-state index in [2.05, 4.69) is 6.07 Å². The van der Waals surface area contributed by atoms with Gasteiger partial charge in [-0.2, -0.15) is 5.26 Å². The molecule has 33 heavy (non-hydrogen) atoms. The van der Waals surface area contributed by atoms with Crippen molar-refractivity contribution in [3.63, 3.8) is 0 Å². The molecule has 2 aromatic rings. The summed E-state index contributed by atoms with van der Waals surface area (Å²) in [5.41, 5.74) is 1.04. The summed E-state index contributed by atoms with van der Waals surface area (Å²) in [4.78, 5) is 40.8. The number of likely N-dealkylation sites (tertiary alicyclic amines) is 1. The van der Waals surface area contributed by atoms with E-state index >= 15 is 0 Å². The number of nitrogens with zero attached hydrogens (tertiary/aromatic N) is 3. The normalized spacial score (nSPS) is 21.9. The third-order valence-electron chi connectivity index (χ3n) is 6.30. The van der Waals surface area contributed by atoms with Gasteiger partial charge in [0.25, 0.3) is 0 Å². The van der Waals surface area contributed by atoms with E-state index in [4.69, 9.17) is 14.7 Å². The summed E-state index contributed by atoms with van der Waals surface area (Å²) in [6.07, 6.45) is 0. The number of imide groups is 1. The fraction of sp³-hybridized carbons (Fsp3) is 0.360. The number of esters is 1. The van der Waals surface area contributed by atoms with E-state index in [1.165, 1.54) is 18.9 Å². The maximum Gasteiger partial charge on any atom is 0.326 e. The Morgan fingerprint density at radius 2 is 1.64 bits per heavy atom. The van der Waals surface area contributed by atoms with Crippen molar-refractivity contribution in [1.82, 2.24) is 9.80 Å². The maximum absolute atomic E-state index is 13.2. The molecule has 0 spiro atoms. The van der Waals surface area contributed by atoms with Crippen molar-refractivity contribution in [1.29, 1.82) is 5.26 Å². The summed E-state index contributed by atoms with van der Waals surface area (Å²) < 4.78 is 10.8. The highest BCUT2D eigenvalue weighted by molar-refractivity contribution is 6.10. The molecule has 8 heteroatoms. The number of urea groups is 1. The van der Waals surface area contributed by atoms with Crippen LogP contribution < -0.4 is 4.74 Å².